The van der Waals surface area contributed by atoms with Crippen LogP contribution in [0.1, 0.15) is 44.2 Å². The molecule has 2 aromatic carbocycles. The highest BCUT2D eigenvalue weighted by molar-refractivity contribution is 8.02. The van der Waals surface area contributed by atoms with Gasteiger partial charge in [0.05, 0.1) is 11.4 Å². The number of hydrogen-bond donors (Lipinski definition) is 0. The van der Waals surface area contributed by atoms with Crippen LogP contribution in [0.2, 0.25) is 0 Å². The molecule has 2 aromatic rings. The smallest absolute Gasteiger partial charge is 0.269 e. The van der Waals surface area contributed by atoms with E-state index >= 15 is 0 Å². The summed E-state index contributed by atoms with van der Waals surface area (Å²) in [7, 11) is 0. The van der Waals surface area contributed by atoms with Crippen LogP contribution in [0.5, 0.6) is 0 Å². The zero-order valence-electron chi connectivity index (χ0n) is 16.0. The average molecular weight is 396 g/mol. The maximum absolute atomic E-state index is 14.0. The van der Waals surface area contributed by atoms with Gasteiger partial charge >= 0.3 is 0 Å². The number of thioether (sulfide) groups is 1. The quantitative estimate of drug-likeness (QED) is 0.718. The molecule has 6 heteroatoms. The van der Waals surface area contributed by atoms with Gasteiger partial charge in [0.25, 0.3) is 5.91 Å². The molecule has 5 rings (SSSR count). The van der Waals surface area contributed by atoms with Crippen molar-refractivity contribution < 1.29 is 14.0 Å². The molecule has 3 aliphatic rings. The minimum absolute atomic E-state index is 0.0768. The van der Waals surface area contributed by atoms with E-state index in [-0.39, 0.29) is 28.9 Å². The first kappa shape index (κ1) is 17.7. The number of hydrogen-bond acceptors (Lipinski definition) is 3. The third kappa shape index (κ3) is 2.07. The van der Waals surface area contributed by atoms with E-state index in [1.54, 1.807) is 17.0 Å². The molecule has 2 amide bonds. The van der Waals surface area contributed by atoms with Crippen LogP contribution in [0.15, 0.2) is 42.5 Å². The van der Waals surface area contributed by atoms with Crippen molar-refractivity contribution in [3.63, 3.8) is 0 Å². The highest BCUT2D eigenvalue weighted by Crippen LogP contribution is 2.60. The van der Waals surface area contributed by atoms with Crippen LogP contribution in [0.4, 0.5) is 15.8 Å². The molecule has 0 saturated carbocycles. The van der Waals surface area contributed by atoms with Gasteiger partial charge < -0.3 is 4.90 Å². The Bertz CT molecular complexity index is 1020. The van der Waals surface area contributed by atoms with Gasteiger partial charge in [0.15, 0.2) is 0 Å². The van der Waals surface area contributed by atoms with E-state index in [2.05, 4.69) is 26.8 Å². The van der Waals surface area contributed by atoms with Crippen LogP contribution in [0.3, 0.4) is 0 Å². The molecule has 1 spiro atoms. The predicted octanol–water partition coefficient (Wildman–Crippen LogP) is 4.39. The molecule has 2 atom stereocenters. The summed E-state index contributed by atoms with van der Waals surface area (Å²) in [5, 5.41) is 0. The lowest BCUT2D eigenvalue weighted by Crippen LogP contribution is -2.56. The molecular weight excluding hydrogens is 375 g/mol. The zero-order valence-corrected chi connectivity index (χ0v) is 16.8. The molecule has 0 radical (unpaired) electrons. The molecule has 3 heterocycles. The summed E-state index contributed by atoms with van der Waals surface area (Å²) in [5.74, 6) is -0.0331. The third-order valence-corrected chi connectivity index (χ3v) is 7.53. The Labute approximate surface area is 167 Å². The van der Waals surface area contributed by atoms with E-state index in [4.69, 9.17) is 0 Å². The Kier molecular flexibility index (Phi) is 3.55. The number of carbonyl (C=O) groups is 2. The molecule has 1 saturated heterocycles. The first-order chi connectivity index (χ1) is 13.3. The van der Waals surface area contributed by atoms with Crippen molar-refractivity contribution in [1.82, 2.24) is 0 Å². The van der Waals surface area contributed by atoms with Crippen molar-refractivity contribution in [2.24, 2.45) is 0 Å². The summed E-state index contributed by atoms with van der Waals surface area (Å²) in [4.78, 5) is 29.3. The summed E-state index contributed by atoms with van der Waals surface area (Å²) in [5.41, 5.74) is 3.18. The summed E-state index contributed by atoms with van der Waals surface area (Å²) in [6, 6.07) is 11.8. The Hall–Kier alpha value is -2.34. The Morgan fingerprint density at radius 3 is 2.50 bits per heavy atom. The van der Waals surface area contributed by atoms with Gasteiger partial charge in [-0.05, 0) is 56.0 Å². The number of rotatable bonds is 1. The fourth-order valence-electron chi connectivity index (χ4n) is 5.12. The molecule has 0 aliphatic carbocycles. The van der Waals surface area contributed by atoms with E-state index < -0.39 is 4.87 Å². The number of anilines is 2. The Balaban J connectivity index is 1.78. The number of benzene rings is 2. The summed E-state index contributed by atoms with van der Waals surface area (Å²) >= 11 is 1.37. The van der Waals surface area contributed by atoms with Crippen molar-refractivity contribution in [2.45, 2.75) is 43.5 Å². The molecule has 0 bridgehead atoms. The van der Waals surface area contributed by atoms with Crippen LogP contribution >= 0.6 is 11.8 Å². The van der Waals surface area contributed by atoms with Crippen LogP contribution in [0, 0.1) is 5.82 Å². The summed E-state index contributed by atoms with van der Waals surface area (Å²) in [6.07, 6.45) is 0.862. The van der Waals surface area contributed by atoms with Crippen LogP contribution in [-0.2, 0) is 14.5 Å². The molecule has 28 heavy (non-hydrogen) atoms. The topological polar surface area (TPSA) is 40.6 Å². The molecule has 4 nitrogen and oxygen atoms in total. The molecule has 1 fully saturated rings. The highest BCUT2D eigenvalue weighted by Gasteiger charge is 2.64. The number of para-hydroxylation sites is 1. The first-order valence-electron chi connectivity index (χ1n) is 9.48. The van der Waals surface area contributed by atoms with Gasteiger partial charge in [0.2, 0.25) is 10.8 Å². The Morgan fingerprint density at radius 2 is 1.79 bits per heavy atom. The second-order valence-corrected chi connectivity index (χ2v) is 9.61. The van der Waals surface area contributed by atoms with Crippen molar-refractivity contribution in [3.8, 4) is 0 Å². The minimum Gasteiger partial charge on any atom is -0.303 e. The average Bonchev–Trinajstić information content (AvgIpc) is 3.11. The van der Waals surface area contributed by atoms with E-state index in [1.807, 2.05) is 17.0 Å². The molecule has 0 unspecified atom stereocenters. The standard InChI is InChI=1S/C22H21FN2O2S/c1-13-11-21(2,3)25-19-16(13)5-4-6-17(19)22(20(25)27)24(18(26)12-28-22)15-9-7-14(23)8-10-15/h4-10,13H,11-12H2,1-3H3/t13-,22+/m1/s1. The predicted molar refractivity (Wildman–Crippen MR) is 109 cm³/mol. The number of nitrogens with zero attached hydrogens (tertiary/aromatic N) is 2. The normalized spacial score (nSPS) is 27.6. The monoisotopic (exact) mass is 396 g/mol. The molecule has 3 aliphatic heterocycles. The van der Waals surface area contributed by atoms with Gasteiger partial charge in [-0.2, -0.15) is 0 Å². The lowest BCUT2D eigenvalue weighted by atomic mass is 9.80. The minimum atomic E-state index is -1.12. The van der Waals surface area contributed by atoms with E-state index in [9.17, 15) is 14.0 Å². The largest absolute Gasteiger partial charge is 0.303 e. The van der Waals surface area contributed by atoms with E-state index in [0.29, 0.717) is 11.6 Å². The van der Waals surface area contributed by atoms with Gasteiger partial charge in [-0.3, -0.25) is 14.5 Å². The van der Waals surface area contributed by atoms with Crippen LogP contribution in [-0.4, -0.2) is 23.1 Å². The Morgan fingerprint density at radius 1 is 1.07 bits per heavy atom. The number of halogens is 1. The number of carbonyl (C=O) groups excluding carboxylic acids is 2. The van der Waals surface area contributed by atoms with Gasteiger partial charge in [0.1, 0.15) is 5.82 Å². The number of amides is 2. The van der Waals surface area contributed by atoms with Crippen molar-refractivity contribution in [1.29, 1.82) is 0 Å². The van der Waals surface area contributed by atoms with Crippen molar-refractivity contribution in [3.05, 3.63) is 59.4 Å². The van der Waals surface area contributed by atoms with E-state index in [0.717, 1.165) is 23.2 Å². The fourth-order valence-corrected chi connectivity index (χ4v) is 6.45. The van der Waals surface area contributed by atoms with Crippen LogP contribution in [0.25, 0.3) is 0 Å². The molecule has 0 N–H and O–H groups in total. The SMILES string of the molecule is C[C@@H]1CC(C)(C)N2C(=O)[C@@]3(SCC(=O)N3c3ccc(F)cc3)c3cccc1c32. The number of fused-ring (bicyclic) bond motifs is 1. The molecule has 0 aromatic heterocycles. The van der Waals surface area contributed by atoms with Gasteiger partial charge in [-0.15, -0.1) is 11.8 Å². The van der Waals surface area contributed by atoms with Crippen LogP contribution < -0.4 is 9.80 Å². The third-order valence-electron chi connectivity index (χ3n) is 6.14. The van der Waals surface area contributed by atoms with Gasteiger partial charge in [-0.1, -0.05) is 25.1 Å². The van der Waals surface area contributed by atoms with Crippen molar-refractivity contribution in [2.75, 3.05) is 15.6 Å². The van der Waals surface area contributed by atoms with Gasteiger partial charge in [-0.25, -0.2) is 4.39 Å². The lowest BCUT2D eigenvalue weighted by Gasteiger charge is -2.44. The second-order valence-electron chi connectivity index (χ2n) is 8.44. The molecule has 144 valence electrons. The van der Waals surface area contributed by atoms with E-state index in [1.165, 1.54) is 23.9 Å². The maximum Gasteiger partial charge on any atom is 0.269 e. The van der Waals surface area contributed by atoms with Gasteiger partial charge in [0, 0.05) is 16.8 Å². The van der Waals surface area contributed by atoms with Crippen molar-refractivity contribution >= 4 is 35.0 Å². The second kappa shape index (κ2) is 5.60. The molecular formula is C22H21FN2O2S. The highest BCUT2D eigenvalue weighted by atomic mass is 32.2. The summed E-state index contributed by atoms with van der Waals surface area (Å²) in [6.45, 7) is 6.36. The summed E-state index contributed by atoms with van der Waals surface area (Å²) < 4.78 is 13.5. The maximum atomic E-state index is 14.0. The zero-order chi connectivity index (χ0) is 19.8. The first-order valence-corrected chi connectivity index (χ1v) is 10.5. The lowest BCUT2D eigenvalue weighted by molar-refractivity contribution is -0.124. The fraction of sp³-hybridized carbons (Fsp3) is 0.364.